The van der Waals surface area contributed by atoms with Gasteiger partial charge in [-0.15, -0.1) is 3.89 Å². The number of carbonyl (C=O) groups excluding carboxylic acids is 2. The number of amides is 3. The normalized spacial score (nSPS) is 19.4. The number of para-hydroxylation sites is 1. The van der Waals surface area contributed by atoms with Crippen LogP contribution in [-0.4, -0.2) is 43.6 Å². The van der Waals surface area contributed by atoms with Gasteiger partial charge in [-0.25, -0.2) is 4.79 Å². The maximum Gasteiger partial charge on any atom is 0.332 e. The molecule has 1 heterocycles. The molecule has 1 saturated heterocycles. The third-order valence-corrected chi connectivity index (χ3v) is 3.95. The molecular weight excluding hydrogens is 299 g/mol. The van der Waals surface area contributed by atoms with E-state index in [1.807, 2.05) is 0 Å². The molecule has 0 spiro atoms. The molecule has 0 aliphatic carbocycles. The topological polar surface area (TPSA) is 74.8 Å². The van der Waals surface area contributed by atoms with Crippen LogP contribution in [0.15, 0.2) is 30.3 Å². The van der Waals surface area contributed by atoms with Gasteiger partial charge in [0, 0.05) is 12.2 Å². The molecular formula is C13H15FN2O4S. The lowest BCUT2D eigenvalue weighted by atomic mass is 10.2. The molecule has 0 bridgehead atoms. The molecule has 1 aromatic carbocycles. The molecule has 0 N–H and O–H groups in total. The molecule has 1 atom stereocenters. The number of anilines is 1. The molecule has 6 nitrogen and oxygen atoms in total. The smallest absolute Gasteiger partial charge is 0.281 e. The summed E-state index contributed by atoms with van der Waals surface area (Å²) in [6.07, 6.45) is 0.387. The summed E-state index contributed by atoms with van der Waals surface area (Å²) >= 11 is 0. The van der Waals surface area contributed by atoms with E-state index in [4.69, 9.17) is 0 Å². The number of nitrogens with zero attached hydrogens (tertiary/aromatic N) is 2. The summed E-state index contributed by atoms with van der Waals surface area (Å²) in [5.41, 5.74) is 0.549. The van der Waals surface area contributed by atoms with Gasteiger partial charge in [0.25, 0.3) is 5.91 Å². The quantitative estimate of drug-likeness (QED) is 0.610. The van der Waals surface area contributed by atoms with E-state index >= 15 is 0 Å². The monoisotopic (exact) mass is 314 g/mol. The third-order valence-electron chi connectivity index (χ3n) is 3.28. The van der Waals surface area contributed by atoms with Crippen LogP contribution in [0.25, 0.3) is 0 Å². The SMILES string of the molecule is CC[C@H]1C(=O)N(CCS(=O)(=O)F)C(=O)N1c1ccccc1. The van der Waals surface area contributed by atoms with Gasteiger partial charge in [0.15, 0.2) is 0 Å². The van der Waals surface area contributed by atoms with Crippen molar-refractivity contribution in [1.82, 2.24) is 4.90 Å². The van der Waals surface area contributed by atoms with Gasteiger partial charge in [-0.3, -0.25) is 14.6 Å². The molecule has 21 heavy (non-hydrogen) atoms. The molecule has 0 radical (unpaired) electrons. The number of carbonyl (C=O) groups is 2. The van der Waals surface area contributed by atoms with Gasteiger partial charge < -0.3 is 0 Å². The van der Waals surface area contributed by atoms with Crippen LogP contribution >= 0.6 is 0 Å². The minimum Gasteiger partial charge on any atom is -0.281 e. The van der Waals surface area contributed by atoms with Crippen LogP contribution in [0.1, 0.15) is 13.3 Å². The van der Waals surface area contributed by atoms with Crippen molar-refractivity contribution < 1.29 is 21.9 Å². The number of imide groups is 1. The molecule has 1 aliphatic rings. The lowest BCUT2D eigenvalue weighted by Crippen LogP contribution is -2.36. The Balaban J connectivity index is 2.27. The van der Waals surface area contributed by atoms with Crippen molar-refractivity contribution in [1.29, 1.82) is 0 Å². The van der Waals surface area contributed by atoms with E-state index in [1.54, 1.807) is 37.3 Å². The molecule has 3 amide bonds. The zero-order chi connectivity index (χ0) is 15.6. The molecule has 1 aliphatic heterocycles. The number of rotatable bonds is 5. The van der Waals surface area contributed by atoms with E-state index in [1.165, 1.54) is 4.90 Å². The highest BCUT2D eigenvalue weighted by Crippen LogP contribution is 2.27. The van der Waals surface area contributed by atoms with Crippen molar-refractivity contribution >= 4 is 27.8 Å². The summed E-state index contributed by atoms with van der Waals surface area (Å²) in [5, 5.41) is 0. The van der Waals surface area contributed by atoms with Crippen LogP contribution in [0.5, 0.6) is 0 Å². The minimum atomic E-state index is -4.73. The maximum atomic E-state index is 12.6. The van der Waals surface area contributed by atoms with Crippen LogP contribution < -0.4 is 4.90 Å². The molecule has 8 heteroatoms. The van der Waals surface area contributed by atoms with Gasteiger partial charge in [0.05, 0.1) is 5.75 Å². The predicted octanol–water partition coefficient (Wildman–Crippen LogP) is 1.53. The Morgan fingerprint density at radius 1 is 1.19 bits per heavy atom. The number of benzene rings is 1. The third kappa shape index (κ3) is 3.21. The standard InChI is InChI=1S/C13H15FN2O4S/c1-2-11-12(17)15(8-9-21(14,19)20)13(18)16(11)10-6-4-3-5-7-10/h3-7,11H,2,8-9H2,1H3/t11-/m0/s1. The number of hydrogen-bond acceptors (Lipinski definition) is 4. The van der Waals surface area contributed by atoms with Crippen molar-refractivity contribution in [2.24, 2.45) is 0 Å². The Morgan fingerprint density at radius 2 is 1.81 bits per heavy atom. The molecule has 114 valence electrons. The highest BCUT2D eigenvalue weighted by molar-refractivity contribution is 7.86. The van der Waals surface area contributed by atoms with Crippen molar-refractivity contribution in [3.8, 4) is 0 Å². The lowest BCUT2D eigenvalue weighted by Gasteiger charge is -2.20. The summed E-state index contributed by atoms with van der Waals surface area (Å²) in [6.45, 7) is 1.28. The van der Waals surface area contributed by atoms with Gasteiger partial charge >= 0.3 is 16.3 Å². The second kappa shape index (κ2) is 5.80. The van der Waals surface area contributed by atoms with E-state index in [9.17, 15) is 21.9 Å². The summed E-state index contributed by atoms with van der Waals surface area (Å²) < 4.78 is 33.8. The highest BCUT2D eigenvalue weighted by atomic mass is 32.3. The van der Waals surface area contributed by atoms with Crippen molar-refractivity contribution in [3.05, 3.63) is 30.3 Å². The zero-order valence-corrected chi connectivity index (χ0v) is 12.2. The Hall–Kier alpha value is -1.96. The number of urea groups is 1. The fraction of sp³-hybridized carbons (Fsp3) is 0.385. The lowest BCUT2D eigenvalue weighted by molar-refractivity contribution is -0.127. The van der Waals surface area contributed by atoms with Crippen LogP contribution in [0.2, 0.25) is 0 Å². The van der Waals surface area contributed by atoms with E-state index < -0.39 is 40.5 Å². The molecule has 1 aromatic rings. The summed E-state index contributed by atoms with van der Waals surface area (Å²) in [6, 6.07) is 7.29. The zero-order valence-electron chi connectivity index (χ0n) is 11.4. The molecule has 1 fully saturated rings. The van der Waals surface area contributed by atoms with Gasteiger partial charge in [0.1, 0.15) is 6.04 Å². The average molecular weight is 314 g/mol. The highest BCUT2D eigenvalue weighted by Gasteiger charge is 2.44. The first-order chi connectivity index (χ1) is 9.85. The number of halogens is 1. The second-order valence-corrected chi connectivity index (χ2v) is 6.13. The Bertz CT molecular complexity index is 647. The Morgan fingerprint density at radius 3 is 2.33 bits per heavy atom. The largest absolute Gasteiger partial charge is 0.332 e. The van der Waals surface area contributed by atoms with Gasteiger partial charge in [-0.05, 0) is 18.6 Å². The van der Waals surface area contributed by atoms with E-state index in [0.29, 0.717) is 12.1 Å². The number of hydrogen-bond donors (Lipinski definition) is 0. The first-order valence-electron chi connectivity index (χ1n) is 6.47. The van der Waals surface area contributed by atoms with Crippen LogP contribution in [0.3, 0.4) is 0 Å². The van der Waals surface area contributed by atoms with Gasteiger partial charge in [0.2, 0.25) is 0 Å². The average Bonchev–Trinajstić information content (AvgIpc) is 2.67. The van der Waals surface area contributed by atoms with Gasteiger partial charge in [-0.2, -0.15) is 8.42 Å². The molecule has 0 unspecified atom stereocenters. The second-order valence-electron chi connectivity index (χ2n) is 4.65. The first kappa shape index (κ1) is 15.4. The fourth-order valence-corrected chi connectivity index (χ4v) is 2.69. The van der Waals surface area contributed by atoms with Gasteiger partial charge in [-0.1, -0.05) is 25.1 Å². The van der Waals surface area contributed by atoms with Crippen molar-refractivity contribution in [2.75, 3.05) is 17.2 Å². The van der Waals surface area contributed by atoms with E-state index in [0.717, 1.165) is 4.90 Å². The first-order valence-corrected chi connectivity index (χ1v) is 8.02. The molecule has 2 rings (SSSR count). The van der Waals surface area contributed by atoms with E-state index in [2.05, 4.69) is 0 Å². The molecule has 0 aromatic heterocycles. The van der Waals surface area contributed by atoms with Crippen LogP contribution in [0.4, 0.5) is 14.4 Å². The predicted molar refractivity (Wildman–Crippen MR) is 75.0 cm³/mol. The van der Waals surface area contributed by atoms with Crippen molar-refractivity contribution in [2.45, 2.75) is 19.4 Å². The minimum absolute atomic E-state index is 0.387. The Labute approximate surface area is 122 Å². The summed E-state index contributed by atoms with van der Waals surface area (Å²) in [4.78, 5) is 26.6. The van der Waals surface area contributed by atoms with Crippen LogP contribution in [0, 0.1) is 0 Å². The molecule has 0 saturated carbocycles. The van der Waals surface area contributed by atoms with E-state index in [-0.39, 0.29) is 0 Å². The van der Waals surface area contributed by atoms with Crippen molar-refractivity contribution in [3.63, 3.8) is 0 Å². The summed E-state index contributed by atoms with van der Waals surface area (Å²) in [7, 11) is -4.73. The Kier molecular flexibility index (Phi) is 4.26. The fourth-order valence-electron chi connectivity index (χ4n) is 2.29. The van der Waals surface area contributed by atoms with Crippen LogP contribution in [-0.2, 0) is 15.0 Å². The maximum absolute atomic E-state index is 12.6. The summed E-state index contributed by atoms with van der Waals surface area (Å²) in [5.74, 6) is -1.39.